The number of hydrogen-bond acceptors (Lipinski definition) is 4. The molecule has 1 fully saturated rings. The highest BCUT2D eigenvalue weighted by Crippen LogP contribution is 2.12. The molecule has 1 amide bonds. The second-order valence-corrected chi connectivity index (χ2v) is 3.78. The first kappa shape index (κ1) is 12.4. The van der Waals surface area contributed by atoms with Gasteiger partial charge in [0.1, 0.15) is 6.04 Å². The molecule has 88 valence electrons. The zero-order valence-corrected chi connectivity index (χ0v) is 9.20. The summed E-state index contributed by atoms with van der Waals surface area (Å²) in [7, 11) is 0. The van der Waals surface area contributed by atoms with Crippen LogP contribution in [0.3, 0.4) is 0 Å². The van der Waals surface area contributed by atoms with E-state index in [1.807, 2.05) is 6.92 Å². The summed E-state index contributed by atoms with van der Waals surface area (Å²) in [5.74, 6) is 0.111. The van der Waals surface area contributed by atoms with Gasteiger partial charge in [-0.05, 0) is 13.0 Å². The molecule has 0 bridgehead atoms. The van der Waals surface area contributed by atoms with E-state index in [0.717, 1.165) is 19.6 Å². The van der Waals surface area contributed by atoms with E-state index in [0.29, 0.717) is 25.7 Å². The minimum atomic E-state index is -0.377. The van der Waals surface area contributed by atoms with Crippen LogP contribution >= 0.6 is 0 Å². The molecule has 0 radical (unpaired) electrons. The monoisotopic (exact) mass is 216 g/mol. The summed E-state index contributed by atoms with van der Waals surface area (Å²) in [5, 5.41) is 2.98. The molecule has 5 nitrogen and oxygen atoms in total. The van der Waals surface area contributed by atoms with Gasteiger partial charge < -0.3 is 20.5 Å². The van der Waals surface area contributed by atoms with Crippen molar-refractivity contribution in [3.63, 3.8) is 0 Å². The highest BCUT2D eigenvalue weighted by molar-refractivity contribution is 5.79. The Balaban J connectivity index is 2.12. The summed E-state index contributed by atoms with van der Waals surface area (Å²) in [5.41, 5.74) is 5.21. The van der Waals surface area contributed by atoms with E-state index in [2.05, 4.69) is 5.32 Å². The van der Waals surface area contributed by atoms with Crippen LogP contribution in [-0.2, 0) is 14.3 Å². The molecule has 3 N–H and O–H groups in total. The van der Waals surface area contributed by atoms with Crippen LogP contribution in [0.2, 0.25) is 0 Å². The van der Waals surface area contributed by atoms with Crippen LogP contribution in [0.15, 0.2) is 0 Å². The molecule has 0 aliphatic carbocycles. The number of carbonyl (C=O) groups is 1. The van der Waals surface area contributed by atoms with Gasteiger partial charge in [0.25, 0.3) is 0 Å². The highest BCUT2D eigenvalue weighted by atomic mass is 16.5. The number of likely N-dealkylation sites (N-methyl/N-ethyl adjacent to an activating group) is 1. The molecule has 2 atom stereocenters. The van der Waals surface area contributed by atoms with E-state index in [1.165, 1.54) is 0 Å². The molecule has 1 aliphatic heterocycles. The Morgan fingerprint density at radius 2 is 2.53 bits per heavy atom. The van der Waals surface area contributed by atoms with E-state index < -0.39 is 0 Å². The van der Waals surface area contributed by atoms with Crippen molar-refractivity contribution >= 4 is 5.91 Å². The van der Waals surface area contributed by atoms with Gasteiger partial charge in [-0.25, -0.2) is 0 Å². The van der Waals surface area contributed by atoms with Gasteiger partial charge in [0.15, 0.2) is 0 Å². The average Bonchev–Trinajstić information content (AvgIpc) is 2.69. The summed E-state index contributed by atoms with van der Waals surface area (Å²) < 4.78 is 10.7. The lowest BCUT2D eigenvalue weighted by Gasteiger charge is -2.15. The van der Waals surface area contributed by atoms with E-state index in [1.54, 1.807) is 0 Å². The molecule has 2 unspecified atom stereocenters. The third-order valence-corrected chi connectivity index (χ3v) is 2.46. The molecule has 0 aromatic heterocycles. The van der Waals surface area contributed by atoms with Gasteiger partial charge >= 0.3 is 0 Å². The normalized spacial score (nSPS) is 22.9. The van der Waals surface area contributed by atoms with Gasteiger partial charge in [-0.2, -0.15) is 0 Å². The minimum absolute atomic E-state index is 0.347. The summed E-state index contributed by atoms with van der Waals surface area (Å²) in [6, 6.07) is -0.377. The van der Waals surface area contributed by atoms with Gasteiger partial charge in [-0.15, -0.1) is 0 Å². The van der Waals surface area contributed by atoms with E-state index in [-0.39, 0.29) is 11.9 Å². The maximum absolute atomic E-state index is 11.0. The summed E-state index contributed by atoms with van der Waals surface area (Å²) in [6.07, 6.45) is 1.04. The maximum atomic E-state index is 11.0. The number of nitrogens with two attached hydrogens (primary N) is 1. The van der Waals surface area contributed by atoms with Gasteiger partial charge in [0.05, 0.1) is 19.8 Å². The number of ether oxygens (including phenoxy) is 2. The van der Waals surface area contributed by atoms with Crippen molar-refractivity contribution in [2.45, 2.75) is 19.4 Å². The number of carbonyl (C=O) groups excluding carboxylic acids is 1. The highest BCUT2D eigenvalue weighted by Gasteiger charge is 2.18. The Labute approximate surface area is 90.3 Å². The van der Waals surface area contributed by atoms with Gasteiger partial charge in [-0.3, -0.25) is 4.79 Å². The van der Waals surface area contributed by atoms with Crippen molar-refractivity contribution in [3.05, 3.63) is 0 Å². The van der Waals surface area contributed by atoms with Crippen molar-refractivity contribution in [2.24, 2.45) is 11.7 Å². The number of nitrogens with one attached hydrogen (secondary N) is 1. The lowest BCUT2D eigenvalue weighted by Crippen LogP contribution is -2.44. The van der Waals surface area contributed by atoms with E-state index in [9.17, 15) is 4.79 Å². The van der Waals surface area contributed by atoms with Crippen molar-refractivity contribution in [2.75, 3.05) is 33.0 Å². The van der Waals surface area contributed by atoms with Crippen molar-refractivity contribution in [1.82, 2.24) is 5.32 Å². The van der Waals surface area contributed by atoms with Crippen LogP contribution in [0.25, 0.3) is 0 Å². The zero-order chi connectivity index (χ0) is 11.1. The van der Waals surface area contributed by atoms with Crippen LogP contribution in [0.5, 0.6) is 0 Å². The van der Waals surface area contributed by atoms with E-state index in [4.69, 9.17) is 15.2 Å². The molecule has 0 aromatic rings. The summed E-state index contributed by atoms with van der Waals surface area (Å²) in [4.78, 5) is 11.0. The molecule has 1 saturated heterocycles. The fraction of sp³-hybridized carbons (Fsp3) is 0.900. The maximum Gasteiger partial charge on any atom is 0.236 e. The van der Waals surface area contributed by atoms with Crippen LogP contribution in [0, 0.1) is 5.92 Å². The summed E-state index contributed by atoms with van der Waals surface area (Å²) >= 11 is 0. The quantitative estimate of drug-likeness (QED) is 0.602. The number of rotatable bonds is 7. The number of primary amides is 1. The molecule has 1 heterocycles. The van der Waals surface area contributed by atoms with Crippen molar-refractivity contribution < 1.29 is 14.3 Å². The Bertz CT molecular complexity index is 193. The molecule has 0 spiro atoms. The Hall–Kier alpha value is -0.650. The third-order valence-electron chi connectivity index (χ3n) is 2.46. The predicted octanol–water partition coefficient (Wildman–Crippen LogP) is -0.497. The van der Waals surface area contributed by atoms with Gasteiger partial charge in [0, 0.05) is 12.5 Å². The molecular weight excluding hydrogens is 196 g/mol. The van der Waals surface area contributed by atoms with Crippen LogP contribution in [0.1, 0.15) is 13.3 Å². The second-order valence-electron chi connectivity index (χ2n) is 3.78. The van der Waals surface area contributed by atoms with Crippen LogP contribution in [-0.4, -0.2) is 44.9 Å². The molecule has 1 rings (SSSR count). The smallest absolute Gasteiger partial charge is 0.236 e. The topological polar surface area (TPSA) is 73.6 Å². The molecule has 1 aliphatic rings. The first-order valence-corrected chi connectivity index (χ1v) is 5.42. The largest absolute Gasteiger partial charge is 0.381 e. The Morgan fingerprint density at radius 1 is 1.73 bits per heavy atom. The van der Waals surface area contributed by atoms with Gasteiger partial charge in [0.2, 0.25) is 5.91 Å². The SMILES string of the molecule is CCNC(COCC1CCOC1)C(N)=O. The van der Waals surface area contributed by atoms with Gasteiger partial charge in [-0.1, -0.05) is 6.92 Å². The molecule has 0 saturated carbocycles. The van der Waals surface area contributed by atoms with E-state index >= 15 is 0 Å². The second kappa shape index (κ2) is 6.76. The predicted molar refractivity (Wildman–Crippen MR) is 56.4 cm³/mol. The van der Waals surface area contributed by atoms with Crippen molar-refractivity contribution in [1.29, 1.82) is 0 Å². The third kappa shape index (κ3) is 4.59. The van der Waals surface area contributed by atoms with Crippen LogP contribution in [0.4, 0.5) is 0 Å². The molecular formula is C10H20N2O3. The number of hydrogen-bond donors (Lipinski definition) is 2. The first-order valence-electron chi connectivity index (χ1n) is 5.42. The van der Waals surface area contributed by atoms with Crippen molar-refractivity contribution in [3.8, 4) is 0 Å². The average molecular weight is 216 g/mol. The number of amides is 1. The fourth-order valence-electron chi connectivity index (χ4n) is 1.56. The lowest BCUT2D eigenvalue weighted by atomic mass is 10.1. The standard InChI is InChI=1S/C10H20N2O3/c1-2-12-9(10(11)13)7-15-6-8-3-4-14-5-8/h8-9,12H,2-7H2,1H3,(H2,11,13). The minimum Gasteiger partial charge on any atom is -0.381 e. The first-order chi connectivity index (χ1) is 7.24. The molecule has 5 heteroatoms. The van der Waals surface area contributed by atoms with Crippen LogP contribution < -0.4 is 11.1 Å². The Kier molecular flexibility index (Phi) is 5.60. The molecule has 0 aromatic carbocycles. The fourth-order valence-corrected chi connectivity index (χ4v) is 1.56. The zero-order valence-electron chi connectivity index (χ0n) is 9.20. The Morgan fingerprint density at radius 3 is 3.07 bits per heavy atom. The molecule has 15 heavy (non-hydrogen) atoms. The summed E-state index contributed by atoms with van der Waals surface area (Å²) in [6.45, 7) is 5.22. The lowest BCUT2D eigenvalue weighted by molar-refractivity contribution is -0.121.